The van der Waals surface area contributed by atoms with Gasteiger partial charge in [-0.1, -0.05) is 5.92 Å². The molecule has 6 heteroatoms. The molecule has 1 heterocycles. The number of thiophene rings is 1. The molecule has 2 N–H and O–H groups in total. The molecule has 0 saturated heterocycles. The molecule has 0 radical (unpaired) electrons. The Kier molecular flexibility index (Phi) is 5.39. The molecule has 1 aromatic heterocycles. The van der Waals surface area contributed by atoms with Crippen LogP contribution >= 0.6 is 11.3 Å². The molecule has 0 aromatic carbocycles. The monoisotopic (exact) mass is 280 g/mol. The van der Waals surface area contributed by atoms with Crippen molar-refractivity contribution in [2.75, 3.05) is 13.1 Å². The number of aryl methyl sites for hydroxylation is 1. The first-order valence-corrected chi connectivity index (χ1v) is 6.52. The van der Waals surface area contributed by atoms with Gasteiger partial charge in [-0.2, -0.15) is 0 Å². The second-order valence-corrected chi connectivity index (χ2v) is 5.39. The van der Waals surface area contributed by atoms with Gasteiger partial charge in [0.15, 0.2) is 0 Å². The van der Waals surface area contributed by atoms with E-state index in [0.29, 0.717) is 0 Å². The summed E-state index contributed by atoms with van der Waals surface area (Å²) in [7, 11) is 0. The third-order valence-corrected chi connectivity index (χ3v) is 3.61. The van der Waals surface area contributed by atoms with Crippen LogP contribution < -0.4 is 5.32 Å². The average molecular weight is 280 g/mol. The SMILES string of the molecule is C#CCN(CC(=O)O)C(=O)NC(C)c1ccc(C)s1. The van der Waals surface area contributed by atoms with E-state index in [1.165, 1.54) is 0 Å². The molecule has 1 aromatic rings. The standard InChI is InChI=1S/C13H16N2O3S/c1-4-7-15(8-12(16)17)13(18)14-10(3)11-6-5-9(2)19-11/h1,5-6,10H,7-8H2,2-3H3,(H,14,18)(H,16,17). The van der Waals surface area contributed by atoms with Crippen LogP contribution in [0.15, 0.2) is 12.1 Å². The van der Waals surface area contributed by atoms with Gasteiger partial charge in [-0.3, -0.25) is 4.79 Å². The number of urea groups is 1. The largest absolute Gasteiger partial charge is 0.480 e. The molecule has 2 amide bonds. The summed E-state index contributed by atoms with van der Waals surface area (Å²) in [6.45, 7) is 3.39. The summed E-state index contributed by atoms with van der Waals surface area (Å²) in [5.74, 6) is 1.18. The highest BCUT2D eigenvalue weighted by Crippen LogP contribution is 2.22. The minimum atomic E-state index is -1.09. The maximum absolute atomic E-state index is 11.9. The smallest absolute Gasteiger partial charge is 0.323 e. The van der Waals surface area contributed by atoms with Crippen molar-refractivity contribution in [3.05, 3.63) is 21.9 Å². The van der Waals surface area contributed by atoms with Crippen molar-refractivity contribution >= 4 is 23.3 Å². The number of nitrogens with one attached hydrogen (secondary N) is 1. The first kappa shape index (κ1) is 15.1. The number of nitrogens with zero attached hydrogens (tertiary/aromatic N) is 1. The minimum absolute atomic E-state index is 0.0334. The predicted molar refractivity (Wildman–Crippen MR) is 74.0 cm³/mol. The molecule has 0 aliphatic carbocycles. The minimum Gasteiger partial charge on any atom is -0.480 e. The summed E-state index contributed by atoms with van der Waals surface area (Å²) in [5.41, 5.74) is 0. The van der Waals surface area contributed by atoms with Crippen LogP contribution in [-0.4, -0.2) is 35.1 Å². The number of carboxylic acid groups (broad SMARTS) is 1. The number of carbonyl (C=O) groups excluding carboxylic acids is 1. The summed E-state index contributed by atoms with van der Waals surface area (Å²) in [5, 5.41) is 11.5. The Morgan fingerprint density at radius 3 is 2.74 bits per heavy atom. The summed E-state index contributed by atoms with van der Waals surface area (Å²) in [6.07, 6.45) is 5.13. The summed E-state index contributed by atoms with van der Waals surface area (Å²) >= 11 is 1.59. The van der Waals surface area contributed by atoms with Gasteiger partial charge in [0.05, 0.1) is 12.6 Å². The average Bonchev–Trinajstić information content (AvgIpc) is 2.74. The molecule has 5 nitrogen and oxygen atoms in total. The summed E-state index contributed by atoms with van der Waals surface area (Å²) < 4.78 is 0. The van der Waals surface area contributed by atoms with Gasteiger partial charge >= 0.3 is 12.0 Å². The van der Waals surface area contributed by atoms with Gasteiger partial charge in [0.25, 0.3) is 0 Å². The topological polar surface area (TPSA) is 69.6 Å². The zero-order chi connectivity index (χ0) is 14.4. The van der Waals surface area contributed by atoms with E-state index in [1.807, 2.05) is 26.0 Å². The number of aliphatic carboxylic acids is 1. The van der Waals surface area contributed by atoms with Crippen LogP contribution in [0.25, 0.3) is 0 Å². The molecule has 0 aliphatic heterocycles. The lowest BCUT2D eigenvalue weighted by Gasteiger charge is -2.21. The Morgan fingerprint density at radius 1 is 1.58 bits per heavy atom. The summed E-state index contributed by atoms with van der Waals surface area (Å²) in [6, 6.07) is 3.26. The number of rotatable bonds is 5. The number of hydrogen-bond donors (Lipinski definition) is 2. The van der Waals surface area contributed by atoms with Gasteiger partial charge in [-0.15, -0.1) is 17.8 Å². The van der Waals surface area contributed by atoms with E-state index in [1.54, 1.807) is 11.3 Å². The molecule has 1 rings (SSSR count). The van der Waals surface area contributed by atoms with Crippen molar-refractivity contribution in [2.45, 2.75) is 19.9 Å². The van der Waals surface area contributed by atoms with Crippen LogP contribution in [0.4, 0.5) is 4.79 Å². The molecule has 0 saturated carbocycles. The van der Waals surface area contributed by atoms with Gasteiger partial charge in [0, 0.05) is 9.75 Å². The molecular weight excluding hydrogens is 264 g/mol. The van der Waals surface area contributed by atoms with Crippen molar-refractivity contribution < 1.29 is 14.7 Å². The molecule has 1 unspecified atom stereocenters. The zero-order valence-electron chi connectivity index (χ0n) is 10.8. The lowest BCUT2D eigenvalue weighted by molar-refractivity contribution is -0.137. The maximum atomic E-state index is 11.9. The molecule has 0 bridgehead atoms. The molecule has 102 valence electrons. The van der Waals surface area contributed by atoms with Gasteiger partial charge < -0.3 is 15.3 Å². The number of hydrogen-bond acceptors (Lipinski definition) is 3. The van der Waals surface area contributed by atoms with E-state index in [0.717, 1.165) is 14.7 Å². The fraction of sp³-hybridized carbons (Fsp3) is 0.385. The Morgan fingerprint density at radius 2 is 2.26 bits per heavy atom. The van der Waals surface area contributed by atoms with Crippen LogP contribution in [0.2, 0.25) is 0 Å². The molecule has 0 fully saturated rings. The van der Waals surface area contributed by atoms with Crippen LogP contribution in [-0.2, 0) is 4.79 Å². The molecule has 1 atom stereocenters. The zero-order valence-corrected chi connectivity index (χ0v) is 11.7. The fourth-order valence-corrected chi connectivity index (χ4v) is 2.39. The number of terminal acetylenes is 1. The Hall–Kier alpha value is -2.00. The van der Waals surface area contributed by atoms with E-state index in [-0.39, 0.29) is 12.6 Å². The first-order valence-electron chi connectivity index (χ1n) is 5.71. The lowest BCUT2D eigenvalue weighted by atomic mass is 10.3. The number of amides is 2. The Bertz CT molecular complexity index is 504. The third kappa shape index (κ3) is 4.64. The highest BCUT2D eigenvalue weighted by atomic mass is 32.1. The normalized spacial score (nSPS) is 11.4. The van der Waals surface area contributed by atoms with Crippen molar-refractivity contribution in [3.8, 4) is 12.3 Å². The highest BCUT2D eigenvalue weighted by Gasteiger charge is 2.18. The maximum Gasteiger partial charge on any atom is 0.323 e. The van der Waals surface area contributed by atoms with Crippen molar-refractivity contribution in [2.24, 2.45) is 0 Å². The van der Waals surface area contributed by atoms with Crippen molar-refractivity contribution in [3.63, 3.8) is 0 Å². The lowest BCUT2D eigenvalue weighted by Crippen LogP contribution is -2.43. The van der Waals surface area contributed by atoms with E-state index in [4.69, 9.17) is 11.5 Å². The summed E-state index contributed by atoms with van der Waals surface area (Å²) in [4.78, 5) is 25.8. The molecule has 0 spiro atoms. The molecule has 19 heavy (non-hydrogen) atoms. The molecule has 0 aliphatic rings. The second-order valence-electron chi connectivity index (χ2n) is 4.07. The van der Waals surface area contributed by atoms with Crippen LogP contribution in [0.3, 0.4) is 0 Å². The van der Waals surface area contributed by atoms with E-state index >= 15 is 0 Å². The van der Waals surface area contributed by atoms with Gasteiger partial charge in [0.2, 0.25) is 0 Å². The Labute approximate surface area is 116 Å². The van der Waals surface area contributed by atoms with E-state index < -0.39 is 18.5 Å². The quantitative estimate of drug-likeness (QED) is 0.809. The predicted octanol–water partition coefficient (Wildman–Crippen LogP) is 1.85. The van der Waals surface area contributed by atoms with Crippen molar-refractivity contribution in [1.82, 2.24) is 10.2 Å². The van der Waals surface area contributed by atoms with Gasteiger partial charge in [-0.25, -0.2) is 4.79 Å². The van der Waals surface area contributed by atoms with Crippen molar-refractivity contribution in [1.29, 1.82) is 0 Å². The fourth-order valence-electron chi connectivity index (χ4n) is 1.51. The van der Waals surface area contributed by atoms with Gasteiger partial charge in [0.1, 0.15) is 6.54 Å². The van der Waals surface area contributed by atoms with E-state index in [9.17, 15) is 9.59 Å². The van der Waals surface area contributed by atoms with E-state index in [2.05, 4.69) is 11.2 Å². The van der Waals surface area contributed by atoms with Crippen LogP contribution in [0.5, 0.6) is 0 Å². The third-order valence-electron chi connectivity index (χ3n) is 2.42. The number of carbonyl (C=O) groups is 2. The number of carboxylic acids is 1. The van der Waals surface area contributed by atoms with Crippen LogP contribution in [0, 0.1) is 19.3 Å². The first-order chi connectivity index (χ1) is 8.93. The van der Waals surface area contributed by atoms with Gasteiger partial charge in [-0.05, 0) is 26.0 Å². The molecular formula is C13H16N2O3S. The highest BCUT2D eigenvalue weighted by molar-refractivity contribution is 7.12. The second kappa shape index (κ2) is 6.81. The Balaban J connectivity index is 2.65. The van der Waals surface area contributed by atoms with Crippen LogP contribution in [0.1, 0.15) is 22.7 Å².